The number of hydrogen-bond acceptors (Lipinski definition) is 5. The van der Waals surface area contributed by atoms with E-state index in [2.05, 4.69) is 20.6 Å². The molecule has 0 spiro atoms. The van der Waals surface area contributed by atoms with Crippen molar-refractivity contribution < 1.29 is 14.3 Å². The molecule has 0 unspecified atom stereocenters. The third kappa shape index (κ3) is 5.62. The predicted molar refractivity (Wildman–Crippen MR) is 124 cm³/mol. The molecule has 0 saturated carbocycles. The summed E-state index contributed by atoms with van der Waals surface area (Å²) in [5.74, 6) is -0.545. The van der Waals surface area contributed by atoms with Gasteiger partial charge in [0.25, 0.3) is 5.91 Å². The molecule has 8 nitrogen and oxygen atoms in total. The zero-order chi connectivity index (χ0) is 23.0. The van der Waals surface area contributed by atoms with Crippen LogP contribution in [0, 0.1) is 0 Å². The number of fused-ring (bicyclic) bond motifs is 1. The number of carbonyl (C=O) groups is 2. The van der Waals surface area contributed by atoms with Gasteiger partial charge in [-0.1, -0.05) is 42.5 Å². The Morgan fingerprint density at radius 1 is 0.939 bits per heavy atom. The van der Waals surface area contributed by atoms with E-state index in [-0.39, 0.29) is 30.0 Å². The average Bonchev–Trinajstić information content (AvgIpc) is 2.86. The number of aromatic nitrogens is 2. The maximum atomic E-state index is 12.5. The van der Waals surface area contributed by atoms with Crippen LogP contribution >= 0.6 is 0 Å². The van der Waals surface area contributed by atoms with Gasteiger partial charge in [0.1, 0.15) is 12.2 Å². The summed E-state index contributed by atoms with van der Waals surface area (Å²) < 4.78 is 5.70. The van der Waals surface area contributed by atoms with Crippen molar-refractivity contribution in [3.63, 3.8) is 0 Å². The Morgan fingerprint density at radius 2 is 1.73 bits per heavy atom. The van der Waals surface area contributed by atoms with Crippen molar-refractivity contribution in [1.29, 1.82) is 0 Å². The molecule has 0 atom stereocenters. The maximum Gasteiger partial charge on any atom is 0.257 e. The van der Waals surface area contributed by atoms with Crippen molar-refractivity contribution in [1.82, 2.24) is 20.6 Å². The van der Waals surface area contributed by atoms with Crippen molar-refractivity contribution in [3.8, 4) is 5.88 Å². The van der Waals surface area contributed by atoms with E-state index >= 15 is 0 Å². The first-order valence-corrected chi connectivity index (χ1v) is 10.4. The zero-order valence-corrected chi connectivity index (χ0v) is 17.7. The Labute approximate surface area is 189 Å². The van der Waals surface area contributed by atoms with E-state index in [1.54, 1.807) is 42.6 Å². The van der Waals surface area contributed by atoms with E-state index in [0.717, 1.165) is 11.1 Å². The number of H-pyrrole nitrogens is 1. The zero-order valence-electron chi connectivity index (χ0n) is 17.7. The second-order valence-electron chi connectivity index (χ2n) is 7.31. The second kappa shape index (κ2) is 10.2. The fraction of sp³-hybridized carbons (Fsp3) is 0.120. The van der Waals surface area contributed by atoms with Crippen LogP contribution in [0.25, 0.3) is 10.9 Å². The molecule has 3 N–H and O–H groups in total. The van der Waals surface area contributed by atoms with Crippen LogP contribution in [0.15, 0.2) is 83.9 Å². The first-order chi connectivity index (χ1) is 16.1. The number of benzene rings is 2. The summed E-state index contributed by atoms with van der Waals surface area (Å²) in [4.78, 5) is 44.2. The van der Waals surface area contributed by atoms with Gasteiger partial charge in [0.15, 0.2) is 0 Å². The lowest BCUT2D eigenvalue weighted by Crippen LogP contribution is -2.38. The molecule has 8 heteroatoms. The lowest BCUT2D eigenvalue weighted by Gasteiger charge is -2.09. The van der Waals surface area contributed by atoms with Gasteiger partial charge in [0.2, 0.25) is 17.2 Å². The summed E-state index contributed by atoms with van der Waals surface area (Å²) in [6.07, 6.45) is 2.96. The van der Waals surface area contributed by atoms with Crippen LogP contribution in [0.1, 0.15) is 21.5 Å². The number of carbonyl (C=O) groups excluding carboxylic acids is 2. The molecule has 2 heterocycles. The number of para-hydroxylation sites is 1. The van der Waals surface area contributed by atoms with Gasteiger partial charge in [-0.25, -0.2) is 4.98 Å². The fourth-order valence-corrected chi connectivity index (χ4v) is 3.23. The summed E-state index contributed by atoms with van der Waals surface area (Å²) in [7, 11) is 0. The number of hydrogen-bond donors (Lipinski definition) is 3. The lowest BCUT2D eigenvalue weighted by atomic mass is 10.1. The molecule has 33 heavy (non-hydrogen) atoms. The molecule has 2 amide bonds. The van der Waals surface area contributed by atoms with Crippen molar-refractivity contribution in [2.45, 2.75) is 13.2 Å². The highest BCUT2D eigenvalue weighted by Crippen LogP contribution is 2.12. The summed E-state index contributed by atoms with van der Waals surface area (Å²) in [5, 5.41) is 5.62. The van der Waals surface area contributed by atoms with Gasteiger partial charge in [0, 0.05) is 35.9 Å². The molecule has 0 radical (unpaired) electrons. The van der Waals surface area contributed by atoms with E-state index in [1.165, 1.54) is 6.20 Å². The summed E-state index contributed by atoms with van der Waals surface area (Å²) >= 11 is 0. The lowest BCUT2D eigenvalue weighted by molar-refractivity contribution is -0.120. The topological polar surface area (TPSA) is 113 Å². The van der Waals surface area contributed by atoms with E-state index < -0.39 is 5.91 Å². The predicted octanol–water partition coefficient (Wildman–Crippen LogP) is 2.55. The van der Waals surface area contributed by atoms with E-state index in [9.17, 15) is 14.4 Å². The highest BCUT2D eigenvalue weighted by Gasteiger charge is 2.14. The fourth-order valence-electron chi connectivity index (χ4n) is 3.23. The number of ether oxygens (including phenoxy) is 1. The Hall–Kier alpha value is -4.46. The van der Waals surface area contributed by atoms with E-state index in [4.69, 9.17) is 4.74 Å². The standard InChI is InChI=1S/C25H22N4O4/c30-22(15-29-25(32)20-14-27-21-9-5-4-8-19(21)24(20)31)28-13-18-10-11-26-23(12-18)33-16-17-6-2-1-3-7-17/h1-12,14H,13,15-16H2,(H,27,31)(H,28,30)(H,29,32). The molecule has 0 fully saturated rings. The van der Waals surface area contributed by atoms with Gasteiger partial charge >= 0.3 is 0 Å². The molecule has 4 aromatic rings. The van der Waals surface area contributed by atoms with Crippen molar-refractivity contribution in [2.75, 3.05) is 6.54 Å². The second-order valence-corrected chi connectivity index (χ2v) is 7.31. The number of rotatable bonds is 8. The minimum absolute atomic E-state index is 0.0455. The van der Waals surface area contributed by atoms with Gasteiger partial charge in [0.05, 0.1) is 6.54 Å². The number of nitrogens with one attached hydrogen (secondary N) is 3. The number of nitrogens with zero attached hydrogens (tertiary/aromatic N) is 1. The quantitative estimate of drug-likeness (QED) is 0.388. The van der Waals surface area contributed by atoms with Crippen molar-refractivity contribution >= 4 is 22.7 Å². The first-order valence-electron chi connectivity index (χ1n) is 10.4. The molecule has 0 bridgehead atoms. The monoisotopic (exact) mass is 442 g/mol. The molecule has 2 aromatic carbocycles. The van der Waals surface area contributed by atoms with Gasteiger partial charge in [-0.3, -0.25) is 14.4 Å². The molecule has 0 saturated heterocycles. The molecule has 2 aromatic heterocycles. The molecule has 4 rings (SSSR count). The van der Waals surface area contributed by atoms with Gasteiger partial charge in [-0.15, -0.1) is 0 Å². The van der Waals surface area contributed by atoms with E-state index in [0.29, 0.717) is 23.4 Å². The highest BCUT2D eigenvalue weighted by atomic mass is 16.5. The molecule has 166 valence electrons. The Balaban J connectivity index is 1.28. The van der Waals surface area contributed by atoms with Crippen molar-refractivity contribution in [2.24, 2.45) is 0 Å². The molecule has 0 aliphatic rings. The number of amides is 2. The number of aromatic amines is 1. The van der Waals surface area contributed by atoms with Crippen LogP contribution in [0.3, 0.4) is 0 Å². The third-order valence-electron chi connectivity index (χ3n) is 4.96. The van der Waals surface area contributed by atoms with Crippen LogP contribution in [-0.4, -0.2) is 28.3 Å². The number of pyridine rings is 2. The SMILES string of the molecule is O=C(CNC(=O)c1c[nH]c2ccccc2c1=O)NCc1ccnc(OCc2ccccc2)c1. The van der Waals surface area contributed by atoms with Crippen molar-refractivity contribution in [3.05, 3.63) is 106 Å². The normalized spacial score (nSPS) is 10.5. The van der Waals surface area contributed by atoms with Crippen LogP contribution < -0.4 is 20.8 Å². The molecule has 0 aliphatic carbocycles. The van der Waals surface area contributed by atoms with Gasteiger partial charge in [-0.05, 0) is 29.3 Å². The summed E-state index contributed by atoms with van der Waals surface area (Å²) in [6, 6.07) is 20.2. The van der Waals surface area contributed by atoms with E-state index in [1.807, 2.05) is 30.3 Å². The van der Waals surface area contributed by atoms with Crippen LogP contribution in [0.2, 0.25) is 0 Å². The van der Waals surface area contributed by atoms with Crippen LogP contribution in [0.5, 0.6) is 5.88 Å². The Morgan fingerprint density at radius 3 is 2.58 bits per heavy atom. The minimum atomic E-state index is -0.613. The Bertz CT molecular complexity index is 1340. The largest absolute Gasteiger partial charge is 0.473 e. The first kappa shape index (κ1) is 21.8. The highest BCUT2D eigenvalue weighted by molar-refractivity contribution is 5.98. The van der Waals surface area contributed by atoms with Gasteiger partial charge in [-0.2, -0.15) is 0 Å². The smallest absolute Gasteiger partial charge is 0.257 e. The van der Waals surface area contributed by atoms with Crippen LogP contribution in [-0.2, 0) is 17.9 Å². The molecular formula is C25H22N4O4. The maximum absolute atomic E-state index is 12.5. The van der Waals surface area contributed by atoms with Crippen LogP contribution in [0.4, 0.5) is 0 Å². The molecule has 0 aliphatic heterocycles. The summed E-state index contributed by atoms with van der Waals surface area (Å²) in [6.45, 7) is 0.382. The minimum Gasteiger partial charge on any atom is -0.473 e. The van der Waals surface area contributed by atoms with Gasteiger partial charge < -0.3 is 20.4 Å². The average molecular weight is 442 g/mol. The Kier molecular flexibility index (Phi) is 6.75. The molecular weight excluding hydrogens is 420 g/mol. The summed E-state index contributed by atoms with van der Waals surface area (Å²) in [5.41, 5.74) is 2.04. The third-order valence-corrected chi connectivity index (χ3v) is 4.96.